The highest BCUT2D eigenvalue weighted by Crippen LogP contribution is 2.26. The minimum atomic E-state index is -0.295. The number of nitrogens with one attached hydrogen (secondary N) is 1. The van der Waals surface area contributed by atoms with Gasteiger partial charge in [-0.25, -0.2) is 14.5 Å². The smallest absolute Gasteiger partial charge is 0.231 e. The van der Waals surface area contributed by atoms with Crippen molar-refractivity contribution in [2.75, 3.05) is 0 Å². The molecule has 0 fully saturated rings. The Morgan fingerprint density at radius 3 is 2.81 bits per heavy atom. The molecule has 0 spiro atoms. The van der Waals surface area contributed by atoms with Crippen molar-refractivity contribution in [1.82, 2.24) is 24.9 Å². The molecular formula is C20H21N5O2. The topological polar surface area (TPSA) is 85.3 Å². The number of hydrogen-bond donors (Lipinski definition) is 1. The first-order valence-corrected chi connectivity index (χ1v) is 8.97. The zero-order valence-electron chi connectivity index (χ0n) is 15.6. The van der Waals surface area contributed by atoms with Gasteiger partial charge in [-0.3, -0.25) is 4.79 Å². The van der Waals surface area contributed by atoms with Crippen molar-refractivity contribution < 1.29 is 9.21 Å². The van der Waals surface area contributed by atoms with Crippen molar-refractivity contribution in [1.29, 1.82) is 0 Å². The van der Waals surface area contributed by atoms with E-state index < -0.39 is 0 Å². The van der Waals surface area contributed by atoms with E-state index in [9.17, 15) is 4.79 Å². The van der Waals surface area contributed by atoms with Crippen molar-refractivity contribution >= 4 is 22.7 Å². The number of benzene rings is 1. The van der Waals surface area contributed by atoms with Crippen LogP contribution in [0.5, 0.6) is 0 Å². The van der Waals surface area contributed by atoms with E-state index in [1.807, 2.05) is 51.1 Å². The minimum Gasteiger partial charge on any atom is -0.443 e. The van der Waals surface area contributed by atoms with Crippen LogP contribution in [0.25, 0.3) is 16.7 Å². The third-order valence-corrected chi connectivity index (χ3v) is 4.77. The Bertz CT molecular complexity index is 1110. The number of aryl methyl sites for hydroxylation is 3. The average molecular weight is 363 g/mol. The third-order valence-electron chi connectivity index (χ3n) is 4.77. The maximum Gasteiger partial charge on any atom is 0.231 e. The first-order chi connectivity index (χ1) is 13.0. The molecule has 0 unspecified atom stereocenters. The number of carbonyl (C=O) groups is 1. The highest BCUT2D eigenvalue weighted by atomic mass is 16.3. The normalized spacial score (nSPS) is 12.6. The number of carbonyl (C=O) groups excluding carboxylic acids is 1. The van der Waals surface area contributed by atoms with E-state index in [4.69, 9.17) is 4.42 Å². The van der Waals surface area contributed by atoms with Crippen molar-refractivity contribution in [2.45, 2.75) is 39.7 Å². The molecule has 0 aliphatic carbocycles. The molecule has 138 valence electrons. The van der Waals surface area contributed by atoms with Gasteiger partial charge in [-0.15, -0.1) is 5.10 Å². The molecule has 3 aromatic heterocycles. The largest absolute Gasteiger partial charge is 0.443 e. The van der Waals surface area contributed by atoms with Gasteiger partial charge in [-0.1, -0.05) is 30.3 Å². The minimum absolute atomic E-state index is 0.0242. The summed E-state index contributed by atoms with van der Waals surface area (Å²) in [5, 5.41) is 8.30. The number of fused-ring (bicyclic) bond motifs is 3. The highest BCUT2D eigenvalue weighted by molar-refractivity contribution is 5.91. The van der Waals surface area contributed by atoms with Crippen molar-refractivity contribution in [3.05, 3.63) is 59.4 Å². The van der Waals surface area contributed by atoms with Crippen LogP contribution in [0.3, 0.4) is 0 Å². The summed E-state index contributed by atoms with van der Waals surface area (Å²) in [6.07, 6.45) is 2.71. The molecular weight excluding hydrogens is 342 g/mol. The zero-order chi connectivity index (χ0) is 19.0. The Morgan fingerprint density at radius 1 is 1.26 bits per heavy atom. The molecule has 7 heteroatoms. The molecule has 0 aliphatic rings. The quantitative estimate of drug-likeness (QED) is 0.588. The first kappa shape index (κ1) is 17.2. The second-order valence-electron chi connectivity index (χ2n) is 6.72. The van der Waals surface area contributed by atoms with Gasteiger partial charge in [0.1, 0.15) is 12.1 Å². The fourth-order valence-corrected chi connectivity index (χ4v) is 3.13. The summed E-state index contributed by atoms with van der Waals surface area (Å²) in [5.74, 6) is 1.34. The molecule has 4 aromatic rings. The van der Waals surface area contributed by atoms with Gasteiger partial charge in [-0.2, -0.15) is 0 Å². The van der Waals surface area contributed by atoms with Crippen LogP contribution in [-0.4, -0.2) is 25.5 Å². The number of nitrogens with zero attached hydrogens (tertiary/aromatic N) is 4. The molecule has 0 saturated heterocycles. The van der Waals surface area contributed by atoms with Gasteiger partial charge in [0, 0.05) is 12.0 Å². The Hall–Kier alpha value is -3.22. The lowest BCUT2D eigenvalue weighted by molar-refractivity contribution is -0.121. The van der Waals surface area contributed by atoms with Gasteiger partial charge < -0.3 is 9.73 Å². The molecule has 0 radical (unpaired) electrons. The van der Waals surface area contributed by atoms with Gasteiger partial charge in [0.15, 0.2) is 11.5 Å². The molecule has 27 heavy (non-hydrogen) atoms. The molecule has 0 aliphatic heterocycles. The summed E-state index contributed by atoms with van der Waals surface area (Å²) in [7, 11) is 0. The third kappa shape index (κ3) is 3.28. The Morgan fingerprint density at radius 2 is 2.04 bits per heavy atom. The molecule has 0 bridgehead atoms. The van der Waals surface area contributed by atoms with Crippen LogP contribution in [0.15, 0.2) is 41.1 Å². The number of hydrogen-bond acceptors (Lipinski definition) is 5. The van der Waals surface area contributed by atoms with Crippen molar-refractivity contribution in [3.8, 4) is 0 Å². The molecule has 7 nitrogen and oxygen atoms in total. The molecule has 1 aromatic carbocycles. The Balaban J connectivity index is 1.51. The lowest BCUT2D eigenvalue weighted by atomic mass is 10.1. The van der Waals surface area contributed by atoms with E-state index in [1.54, 1.807) is 10.8 Å². The van der Waals surface area contributed by atoms with Crippen molar-refractivity contribution in [3.63, 3.8) is 0 Å². The molecule has 1 amide bonds. The molecule has 3 heterocycles. The van der Waals surface area contributed by atoms with E-state index >= 15 is 0 Å². The molecule has 0 saturated carbocycles. The predicted molar refractivity (Wildman–Crippen MR) is 101 cm³/mol. The molecule has 1 atom stereocenters. The monoisotopic (exact) mass is 363 g/mol. The summed E-state index contributed by atoms with van der Waals surface area (Å²) < 4.78 is 7.28. The van der Waals surface area contributed by atoms with Crippen LogP contribution in [-0.2, 0) is 11.2 Å². The number of furan rings is 1. The van der Waals surface area contributed by atoms with Gasteiger partial charge >= 0.3 is 0 Å². The van der Waals surface area contributed by atoms with Crippen molar-refractivity contribution in [2.24, 2.45) is 0 Å². The Kier molecular flexibility index (Phi) is 4.35. The summed E-state index contributed by atoms with van der Waals surface area (Å²) >= 11 is 0. The highest BCUT2D eigenvalue weighted by Gasteiger charge is 2.19. The first-order valence-electron chi connectivity index (χ1n) is 8.97. The zero-order valence-corrected chi connectivity index (χ0v) is 15.6. The molecule has 4 rings (SSSR count). The fourth-order valence-electron chi connectivity index (χ4n) is 3.13. The van der Waals surface area contributed by atoms with Crippen LogP contribution in [0.2, 0.25) is 0 Å². The van der Waals surface area contributed by atoms with E-state index in [0.29, 0.717) is 30.0 Å². The molecule has 1 N–H and O–H groups in total. The maximum atomic E-state index is 12.3. The van der Waals surface area contributed by atoms with Gasteiger partial charge in [0.25, 0.3) is 0 Å². The van der Waals surface area contributed by atoms with E-state index in [-0.39, 0.29) is 11.9 Å². The fraction of sp³-hybridized carbons (Fsp3) is 0.300. The average Bonchev–Trinajstić information content (AvgIpc) is 3.22. The second-order valence-corrected chi connectivity index (χ2v) is 6.72. The SMILES string of the molecule is Cc1oc2ncn3nc([C@H](C)NC(=O)CCc4ccccc4)nc3c2c1C. The van der Waals surface area contributed by atoms with E-state index in [0.717, 1.165) is 22.3 Å². The van der Waals surface area contributed by atoms with Gasteiger partial charge in [-0.05, 0) is 32.8 Å². The van der Waals surface area contributed by atoms with Gasteiger partial charge in [0.05, 0.1) is 11.4 Å². The summed E-state index contributed by atoms with van der Waals surface area (Å²) in [6, 6.07) is 9.67. The Labute approximate surface area is 156 Å². The summed E-state index contributed by atoms with van der Waals surface area (Å²) in [4.78, 5) is 21.2. The number of aromatic nitrogens is 4. The summed E-state index contributed by atoms with van der Waals surface area (Å²) in [5.41, 5.74) is 3.39. The maximum absolute atomic E-state index is 12.3. The lowest BCUT2D eigenvalue weighted by Gasteiger charge is -2.10. The second kappa shape index (κ2) is 6.83. The van der Waals surface area contributed by atoms with Gasteiger partial charge in [0.2, 0.25) is 11.6 Å². The lowest BCUT2D eigenvalue weighted by Crippen LogP contribution is -2.27. The van der Waals surface area contributed by atoms with E-state index in [2.05, 4.69) is 20.4 Å². The van der Waals surface area contributed by atoms with Crippen LogP contribution in [0, 0.1) is 13.8 Å². The number of amides is 1. The van der Waals surface area contributed by atoms with Crippen LogP contribution in [0.4, 0.5) is 0 Å². The van der Waals surface area contributed by atoms with Crippen LogP contribution < -0.4 is 5.32 Å². The van der Waals surface area contributed by atoms with E-state index in [1.165, 1.54) is 0 Å². The van der Waals surface area contributed by atoms with Crippen LogP contribution in [0.1, 0.15) is 42.1 Å². The standard InChI is InChI=1S/C20H21N5O2/c1-12-14(3)27-20-17(12)19-23-18(24-25(19)11-21-20)13(2)22-16(26)10-9-15-7-5-4-6-8-15/h4-8,11,13H,9-10H2,1-3H3,(H,22,26)/t13-/m0/s1. The summed E-state index contributed by atoms with van der Waals surface area (Å²) in [6.45, 7) is 5.76. The predicted octanol–water partition coefficient (Wildman–Crippen LogP) is 3.30. The van der Waals surface area contributed by atoms with Crippen LogP contribution >= 0.6 is 0 Å². The number of rotatable bonds is 5.